The van der Waals surface area contributed by atoms with Gasteiger partial charge in [0.1, 0.15) is 17.0 Å². The second kappa shape index (κ2) is 6.13. The molecule has 0 aliphatic rings. The van der Waals surface area contributed by atoms with Crippen molar-refractivity contribution in [2.75, 3.05) is 0 Å². The molecule has 2 aromatic heterocycles. The molecule has 5 heteroatoms. The molecule has 0 spiro atoms. The summed E-state index contributed by atoms with van der Waals surface area (Å²) in [6.07, 6.45) is 1.73. The highest BCUT2D eigenvalue weighted by Crippen LogP contribution is 2.35. The molecule has 0 atom stereocenters. The molecule has 0 saturated heterocycles. The molecule has 0 saturated carbocycles. The lowest BCUT2D eigenvalue weighted by Crippen LogP contribution is -2.11. The molecular weight excluding hydrogens is 338 g/mol. The lowest BCUT2D eigenvalue weighted by molar-refractivity contribution is 0.451. The summed E-state index contributed by atoms with van der Waals surface area (Å²) >= 11 is 0. The molecule has 0 aliphatic heterocycles. The third-order valence-corrected chi connectivity index (χ3v) is 4.63. The lowest BCUT2D eigenvalue weighted by Gasteiger charge is -2.19. The van der Waals surface area contributed by atoms with Gasteiger partial charge in [-0.3, -0.25) is 4.57 Å². The zero-order valence-electron chi connectivity index (χ0n) is 15.5. The van der Waals surface area contributed by atoms with Gasteiger partial charge in [0.15, 0.2) is 11.5 Å². The van der Waals surface area contributed by atoms with E-state index in [1.165, 1.54) is 17.7 Å². The van der Waals surface area contributed by atoms with E-state index in [2.05, 4.69) is 42.9 Å². The number of aromatic hydroxyl groups is 2. The van der Waals surface area contributed by atoms with Crippen LogP contribution in [0.5, 0.6) is 11.5 Å². The molecule has 0 unspecified atom stereocenters. The molecule has 27 heavy (non-hydrogen) atoms. The number of benzene rings is 2. The Balaban J connectivity index is 1.96. The number of hydrogen-bond donors (Lipinski definition) is 2. The zero-order chi connectivity index (χ0) is 19.2. The number of imidazole rings is 1. The zero-order valence-corrected chi connectivity index (χ0v) is 15.5. The molecule has 5 nitrogen and oxygen atoms in total. The van der Waals surface area contributed by atoms with Crippen LogP contribution in [0.1, 0.15) is 26.3 Å². The van der Waals surface area contributed by atoms with E-state index in [4.69, 9.17) is 0 Å². The summed E-state index contributed by atoms with van der Waals surface area (Å²) in [4.78, 5) is 9.17. The van der Waals surface area contributed by atoms with Crippen molar-refractivity contribution >= 4 is 11.2 Å². The third-order valence-electron chi connectivity index (χ3n) is 4.63. The Kier molecular flexibility index (Phi) is 3.88. The average Bonchev–Trinajstić information content (AvgIpc) is 3.00. The second-order valence-electron chi connectivity index (χ2n) is 7.62. The molecule has 2 N–H and O–H groups in total. The first-order chi connectivity index (χ1) is 12.8. The van der Waals surface area contributed by atoms with Crippen molar-refractivity contribution in [1.82, 2.24) is 14.5 Å². The van der Waals surface area contributed by atoms with Crippen molar-refractivity contribution in [3.05, 3.63) is 66.4 Å². The minimum absolute atomic E-state index is 0.00608. The predicted octanol–water partition coefficient (Wildman–Crippen LogP) is 4.80. The Labute approximate surface area is 157 Å². The highest BCUT2D eigenvalue weighted by atomic mass is 16.3. The van der Waals surface area contributed by atoms with E-state index in [0.717, 1.165) is 11.2 Å². The van der Waals surface area contributed by atoms with Gasteiger partial charge in [-0.2, -0.15) is 0 Å². The number of aromatic nitrogens is 3. The van der Waals surface area contributed by atoms with Crippen molar-refractivity contribution in [2.45, 2.75) is 26.2 Å². The smallest absolute Gasteiger partial charge is 0.164 e. The third kappa shape index (κ3) is 3.01. The van der Waals surface area contributed by atoms with Gasteiger partial charge in [0, 0.05) is 18.0 Å². The fourth-order valence-electron chi connectivity index (χ4n) is 3.16. The number of nitrogens with zero attached hydrogens (tertiary/aromatic N) is 3. The van der Waals surface area contributed by atoms with E-state index < -0.39 is 0 Å². The monoisotopic (exact) mass is 359 g/mol. The molecule has 0 bridgehead atoms. The van der Waals surface area contributed by atoms with Crippen LogP contribution < -0.4 is 0 Å². The summed E-state index contributed by atoms with van der Waals surface area (Å²) in [5.74, 6) is 0.550. The van der Waals surface area contributed by atoms with E-state index in [-0.39, 0.29) is 16.9 Å². The molecule has 136 valence electrons. The van der Waals surface area contributed by atoms with Gasteiger partial charge in [0.25, 0.3) is 0 Å². The lowest BCUT2D eigenvalue weighted by atomic mass is 9.87. The molecule has 0 fully saturated rings. The summed E-state index contributed by atoms with van der Waals surface area (Å²) in [6, 6.07) is 16.5. The van der Waals surface area contributed by atoms with Crippen LogP contribution in [0.2, 0.25) is 0 Å². The van der Waals surface area contributed by atoms with Crippen LogP contribution in [0, 0.1) is 0 Å². The van der Waals surface area contributed by atoms with Gasteiger partial charge in [-0.1, -0.05) is 32.9 Å². The molecule has 0 radical (unpaired) electrons. The highest BCUT2D eigenvalue weighted by Gasteiger charge is 2.19. The maximum Gasteiger partial charge on any atom is 0.164 e. The van der Waals surface area contributed by atoms with Crippen LogP contribution in [0.15, 0.2) is 60.8 Å². The van der Waals surface area contributed by atoms with Crippen LogP contribution >= 0.6 is 0 Å². The minimum atomic E-state index is -0.0298. The first kappa shape index (κ1) is 17.1. The van der Waals surface area contributed by atoms with E-state index in [0.29, 0.717) is 17.0 Å². The molecule has 0 amide bonds. The van der Waals surface area contributed by atoms with E-state index in [9.17, 15) is 10.2 Å². The van der Waals surface area contributed by atoms with Gasteiger partial charge in [-0.25, -0.2) is 9.97 Å². The largest absolute Gasteiger partial charge is 0.508 e. The van der Waals surface area contributed by atoms with E-state index >= 15 is 0 Å². The fraction of sp³-hybridized carbons (Fsp3) is 0.182. The van der Waals surface area contributed by atoms with Gasteiger partial charge >= 0.3 is 0 Å². The Morgan fingerprint density at radius 3 is 2.33 bits per heavy atom. The number of fused-ring (bicyclic) bond motifs is 1. The van der Waals surface area contributed by atoms with Crippen LogP contribution in [-0.2, 0) is 5.41 Å². The van der Waals surface area contributed by atoms with Crippen LogP contribution in [-0.4, -0.2) is 24.7 Å². The van der Waals surface area contributed by atoms with Crippen molar-refractivity contribution in [3.63, 3.8) is 0 Å². The minimum Gasteiger partial charge on any atom is -0.508 e. The van der Waals surface area contributed by atoms with Crippen molar-refractivity contribution < 1.29 is 10.2 Å². The molecule has 4 rings (SSSR count). The van der Waals surface area contributed by atoms with E-state index in [1.54, 1.807) is 12.3 Å². The Morgan fingerprint density at radius 2 is 1.67 bits per heavy atom. The van der Waals surface area contributed by atoms with Gasteiger partial charge in [0.05, 0.1) is 5.56 Å². The molecule has 2 heterocycles. The topological polar surface area (TPSA) is 71.2 Å². The first-order valence-electron chi connectivity index (χ1n) is 8.81. The summed E-state index contributed by atoms with van der Waals surface area (Å²) in [5.41, 5.74) is 4.18. The maximum atomic E-state index is 10.4. The molecular formula is C22H21N3O2. The average molecular weight is 359 g/mol. The molecule has 2 aromatic carbocycles. The Hall–Kier alpha value is -3.34. The Bertz CT molecular complexity index is 1120. The summed E-state index contributed by atoms with van der Waals surface area (Å²) < 4.78 is 1.92. The quantitative estimate of drug-likeness (QED) is 0.539. The maximum absolute atomic E-state index is 10.4. The number of hydrogen-bond acceptors (Lipinski definition) is 4. The Morgan fingerprint density at radius 1 is 0.926 bits per heavy atom. The summed E-state index contributed by atoms with van der Waals surface area (Å²) in [7, 11) is 0. The predicted molar refractivity (Wildman–Crippen MR) is 106 cm³/mol. The van der Waals surface area contributed by atoms with Crippen molar-refractivity contribution in [2.24, 2.45) is 0 Å². The number of phenols is 2. The second-order valence-corrected chi connectivity index (χ2v) is 7.62. The SMILES string of the molecule is CC(C)(C)c1ccc(-n2c(-c3ccc(O)cc3O)nc3cccnc32)cc1. The van der Waals surface area contributed by atoms with Crippen LogP contribution in [0.3, 0.4) is 0 Å². The van der Waals surface area contributed by atoms with Crippen LogP contribution in [0.25, 0.3) is 28.2 Å². The van der Waals surface area contributed by atoms with Gasteiger partial charge in [-0.15, -0.1) is 0 Å². The summed E-state index contributed by atoms with van der Waals surface area (Å²) in [5, 5.41) is 20.0. The standard InChI is InChI=1S/C22H21N3O2/c1-22(2,3)14-6-8-15(9-7-14)25-20(17-11-10-16(26)13-19(17)27)24-18-5-4-12-23-21(18)25/h4-13,26-27H,1-3H3. The van der Waals surface area contributed by atoms with Gasteiger partial charge < -0.3 is 10.2 Å². The highest BCUT2D eigenvalue weighted by molar-refractivity contribution is 5.81. The molecule has 0 aliphatic carbocycles. The van der Waals surface area contributed by atoms with E-state index in [1.807, 2.05) is 28.8 Å². The fourth-order valence-corrected chi connectivity index (χ4v) is 3.16. The first-order valence-corrected chi connectivity index (χ1v) is 8.81. The summed E-state index contributed by atoms with van der Waals surface area (Å²) in [6.45, 7) is 6.53. The number of rotatable bonds is 2. The van der Waals surface area contributed by atoms with Crippen molar-refractivity contribution in [1.29, 1.82) is 0 Å². The number of pyridine rings is 1. The normalized spacial score (nSPS) is 11.8. The molecule has 4 aromatic rings. The van der Waals surface area contributed by atoms with Gasteiger partial charge in [-0.05, 0) is 47.4 Å². The van der Waals surface area contributed by atoms with Gasteiger partial charge in [0.2, 0.25) is 0 Å². The van der Waals surface area contributed by atoms with Crippen molar-refractivity contribution in [3.8, 4) is 28.6 Å². The van der Waals surface area contributed by atoms with Crippen LogP contribution in [0.4, 0.5) is 0 Å². The number of phenolic OH excluding ortho intramolecular Hbond substituents is 2.